The lowest BCUT2D eigenvalue weighted by Crippen LogP contribution is -2.47. The van der Waals surface area contributed by atoms with Crippen LogP contribution >= 0.6 is 0 Å². The van der Waals surface area contributed by atoms with Gasteiger partial charge in [-0.3, -0.25) is 4.99 Å². The first-order chi connectivity index (χ1) is 15.6. The molecule has 0 saturated carbocycles. The van der Waals surface area contributed by atoms with E-state index in [0.29, 0.717) is 18.8 Å². The second-order valence-electron chi connectivity index (χ2n) is 8.96. The van der Waals surface area contributed by atoms with E-state index in [-0.39, 0.29) is 0 Å². The smallest absolute Gasteiger partial charge is 0.193 e. The maximum absolute atomic E-state index is 6.17. The molecule has 7 heteroatoms. The molecule has 1 unspecified atom stereocenters. The predicted octanol–water partition coefficient (Wildman–Crippen LogP) is 3.43. The molecule has 1 aromatic carbocycles. The molecule has 0 radical (unpaired) electrons. The summed E-state index contributed by atoms with van der Waals surface area (Å²) in [5.74, 6) is 1.92. The van der Waals surface area contributed by atoms with Crippen molar-refractivity contribution < 1.29 is 9.47 Å². The lowest BCUT2D eigenvalue weighted by atomic mass is 10.1. The van der Waals surface area contributed by atoms with E-state index < -0.39 is 0 Å². The summed E-state index contributed by atoms with van der Waals surface area (Å²) in [4.78, 5) is 13.7. The highest BCUT2D eigenvalue weighted by Crippen LogP contribution is 2.22. The van der Waals surface area contributed by atoms with Crippen molar-refractivity contribution in [1.82, 2.24) is 15.2 Å². The largest absolute Gasteiger partial charge is 0.376 e. The van der Waals surface area contributed by atoms with Crippen molar-refractivity contribution in [3.05, 3.63) is 35.9 Å². The molecular formula is C25H37N5O2. The fraction of sp³-hybridized carbons (Fsp3) is 0.600. The molecule has 0 spiro atoms. The van der Waals surface area contributed by atoms with E-state index in [0.717, 1.165) is 62.9 Å². The van der Waals surface area contributed by atoms with E-state index in [1.54, 1.807) is 0 Å². The Kier molecular flexibility index (Phi) is 7.81. The SMILES string of the molecule is CN=C(NCc1cc(N(C)C)nc2ccccc12)N1CCC(OCC2CCCCO2)CC1. The number of ether oxygens (including phenoxy) is 2. The molecule has 2 saturated heterocycles. The third-order valence-electron chi connectivity index (χ3n) is 6.43. The first-order valence-corrected chi connectivity index (χ1v) is 11.9. The van der Waals surface area contributed by atoms with E-state index in [4.69, 9.17) is 14.5 Å². The van der Waals surface area contributed by atoms with Crippen molar-refractivity contribution in [2.24, 2.45) is 4.99 Å². The molecular weight excluding hydrogens is 402 g/mol. The standard InChI is InChI=1S/C25H37N5O2/c1-26-25(30-13-11-20(12-14-30)32-18-21-8-6-7-15-31-21)27-17-19-16-24(29(2)3)28-23-10-5-4-9-22(19)23/h4-5,9-10,16,20-21H,6-8,11-15,17-18H2,1-3H3,(H,26,27). The van der Waals surface area contributed by atoms with Gasteiger partial charge in [-0.1, -0.05) is 18.2 Å². The molecule has 0 amide bonds. The van der Waals surface area contributed by atoms with E-state index in [9.17, 15) is 0 Å². The lowest BCUT2D eigenvalue weighted by molar-refractivity contribution is -0.0721. The summed E-state index contributed by atoms with van der Waals surface area (Å²) in [6.07, 6.45) is 6.24. The van der Waals surface area contributed by atoms with Gasteiger partial charge in [0.2, 0.25) is 0 Å². The minimum absolute atomic E-state index is 0.290. The Balaban J connectivity index is 1.32. The monoisotopic (exact) mass is 439 g/mol. The number of hydrogen-bond acceptors (Lipinski definition) is 5. The van der Waals surface area contributed by atoms with E-state index >= 15 is 0 Å². The number of likely N-dealkylation sites (tertiary alicyclic amines) is 1. The lowest BCUT2D eigenvalue weighted by Gasteiger charge is -2.35. The summed E-state index contributed by atoms with van der Waals surface area (Å²) in [7, 11) is 5.92. The van der Waals surface area contributed by atoms with Crippen LogP contribution in [0.2, 0.25) is 0 Å². The third-order valence-corrected chi connectivity index (χ3v) is 6.43. The molecule has 2 aliphatic rings. The number of fused-ring (bicyclic) bond motifs is 1. The maximum Gasteiger partial charge on any atom is 0.193 e. The zero-order valence-corrected chi connectivity index (χ0v) is 19.7. The second-order valence-corrected chi connectivity index (χ2v) is 8.96. The average molecular weight is 440 g/mol. The van der Waals surface area contributed by atoms with Crippen LogP contribution in [0.15, 0.2) is 35.3 Å². The molecule has 1 N–H and O–H groups in total. The quantitative estimate of drug-likeness (QED) is 0.550. The number of nitrogens with one attached hydrogen (secondary N) is 1. The summed E-state index contributed by atoms with van der Waals surface area (Å²) in [5.41, 5.74) is 2.25. The van der Waals surface area contributed by atoms with Crippen LogP contribution < -0.4 is 10.2 Å². The summed E-state index contributed by atoms with van der Waals surface area (Å²) in [5, 5.41) is 4.76. The minimum atomic E-state index is 0.290. The fourth-order valence-corrected chi connectivity index (χ4v) is 4.53. The molecule has 2 aliphatic heterocycles. The predicted molar refractivity (Wildman–Crippen MR) is 130 cm³/mol. The van der Waals surface area contributed by atoms with Crippen LogP contribution in [0.1, 0.15) is 37.7 Å². The van der Waals surface area contributed by atoms with Crippen LogP contribution in [-0.2, 0) is 16.0 Å². The molecule has 4 rings (SSSR count). The fourth-order valence-electron chi connectivity index (χ4n) is 4.53. The van der Waals surface area contributed by atoms with Gasteiger partial charge >= 0.3 is 0 Å². The van der Waals surface area contributed by atoms with Gasteiger partial charge in [-0.05, 0) is 49.8 Å². The van der Waals surface area contributed by atoms with Gasteiger partial charge in [0, 0.05) is 52.8 Å². The van der Waals surface area contributed by atoms with Crippen LogP contribution in [0, 0.1) is 0 Å². The number of nitrogens with zero attached hydrogens (tertiary/aromatic N) is 4. The van der Waals surface area contributed by atoms with Crippen molar-refractivity contribution in [1.29, 1.82) is 0 Å². The molecule has 32 heavy (non-hydrogen) atoms. The molecule has 0 aliphatic carbocycles. The first kappa shape index (κ1) is 22.8. The number of benzene rings is 1. The van der Waals surface area contributed by atoms with E-state index in [1.165, 1.54) is 23.8 Å². The number of piperidine rings is 1. The number of hydrogen-bond donors (Lipinski definition) is 1. The normalized spacial score (nSPS) is 20.5. The molecule has 1 atom stereocenters. The number of anilines is 1. The van der Waals surface area contributed by atoms with Gasteiger partial charge in [0.25, 0.3) is 0 Å². The van der Waals surface area contributed by atoms with Crippen molar-refractivity contribution in [2.45, 2.75) is 50.9 Å². The molecule has 1 aromatic heterocycles. The van der Waals surface area contributed by atoms with E-state index in [2.05, 4.69) is 39.5 Å². The molecule has 2 fully saturated rings. The highest BCUT2D eigenvalue weighted by Gasteiger charge is 2.24. The van der Waals surface area contributed by atoms with E-state index in [1.807, 2.05) is 32.1 Å². The van der Waals surface area contributed by atoms with Crippen LogP contribution in [0.25, 0.3) is 10.9 Å². The molecule has 2 aromatic rings. The van der Waals surface area contributed by atoms with Gasteiger partial charge < -0.3 is 24.6 Å². The van der Waals surface area contributed by atoms with Crippen molar-refractivity contribution >= 4 is 22.7 Å². The molecule has 174 valence electrons. The van der Waals surface area contributed by atoms with Crippen molar-refractivity contribution in [2.75, 3.05) is 52.3 Å². The van der Waals surface area contributed by atoms with Gasteiger partial charge in [-0.15, -0.1) is 0 Å². The van der Waals surface area contributed by atoms with Crippen LogP contribution in [0.3, 0.4) is 0 Å². The Hall–Kier alpha value is -2.38. The molecule has 0 bridgehead atoms. The number of pyridine rings is 1. The van der Waals surface area contributed by atoms with Crippen LogP contribution in [0.4, 0.5) is 5.82 Å². The zero-order chi connectivity index (χ0) is 22.3. The average Bonchev–Trinajstić information content (AvgIpc) is 2.84. The number of guanidine groups is 1. The van der Waals surface area contributed by atoms with Gasteiger partial charge in [0.1, 0.15) is 5.82 Å². The summed E-state index contributed by atoms with van der Waals surface area (Å²) < 4.78 is 12.0. The Morgan fingerprint density at radius 2 is 2.03 bits per heavy atom. The maximum atomic E-state index is 6.17. The van der Waals surface area contributed by atoms with Crippen LogP contribution in [0.5, 0.6) is 0 Å². The Bertz CT molecular complexity index is 902. The van der Waals surface area contributed by atoms with Gasteiger partial charge in [0.05, 0.1) is 24.3 Å². The highest BCUT2D eigenvalue weighted by molar-refractivity contribution is 5.85. The third kappa shape index (κ3) is 5.70. The van der Waals surface area contributed by atoms with Crippen molar-refractivity contribution in [3.8, 4) is 0 Å². The molecule has 7 nitrogen and oxygen atoms in total. The Morgan fingerprint density at radius 3 is 2.75 bits per heavy atom. The number of aromatic nitrogens is 1. The summed E-state index contributed by atoms with van der Waals surface area (Å²) in [6, 6.07) is 10.5. The summed E-state index contributed by atoms with van der Waals surface area (Å²) >= 11 is 0. The van der Waals surface area contributed by atoms with Gasteiger partial charge in [-0.2, -0.15) is 0 Å². The minimum Gasteiger partial charge on any atom is -0.376 e. The Labute approximate surface area is 191 Å². The Morgan fingerprint density at radius 1 is 1.22 bits per heavy atom. The highest BCUT2D eigenvalue weighted by atomic mass is 16.5. The topological polar surface area (TPSA) is 62.2 Å². The van der Waals surface area contributed by atoms with Crippen molar-refractivity contribution in [3.63, 3.8) is 0 Å². The number of para-hydroxylation sites is 1. The zero-order valence-electron chi connectivity index (χ0n) is 19.7. The first-order valence-electron chi connectivity index (χ1n) is 11.9. The number of rotatable bonds is 6. The molecule has 3 heterocycles. The van der Waals surface area contributed by atoms with Crippen LogP contribution in [-0.4, -0.2) is 75.5 Å². The van der Waals surface area contributed by atoms with Gasteiger partial charge in [0.15, 0.2) is 5.96 Å². The van der Waals surface area contributed by atoms with Gasteiger partial charge in [-0.25, -0.2) is 4.98 Å². The second kappa shape index (κ2) is 11.0. The number of aliphatic imine (C=N–C) groups is 1. The summed E-state index contributed by atoms with van der Waals surface area (Å²) in [6.45, 7) is 4.25.